The van der Waals surface area contributed by atoms with Crippen LogP contribution in [0.1, 0.15) is 27.7 Å². The summed E-state index contributed by atoms with van der Waals surface area (Å²) in [4.78, 5) is 11.7. The van der Waals surface area contributed by atoms with Gasteiger partial charge in [-0.15, -0.1) is 0 Å². The highest BCUT2D eigenvalue weighted by molar-refractivity contribution is 5.78. The Morgan fingerprint density at radius 1 is 1.00 bits per heavy atom. The summed E-state index contributed by atoms with van der Waals surface area (Å²) < 4.78 is 27.8. The average Bonchev–Trinajstić information content (AvgIpc) is 2.81. The Kier molecular flexibility index (Phi) is 2.51. The van der Waals surface area contributed by atoms with E-state index in [1.165, 1.54) is 0 Å². The monoisotopic (exact) mass is 258 g/mol. The first-order chi connectivity index (χ1) is 8.27. The molecule has 3 saturated heterocycles. The Hall–Kier alpha value is -0.690. The van der Waals surface area contributed by atoms with E-state index in [1.54, 1.807) is 13.8 Å². The molecule has 0 aliphatic carbocycles. The van der Waals surface area contributed by atoms with Crippen molar-refractivity contribution in [2.24, 2.45) is 0 Å². The molecule has 4 atom stereocenters. The van der Waals surface area contributed by atoms with Gasteiger partial charge in [-0.05, 0) is 27.7 Å². The Morgan fingerprint density at radius 3 is 2.33 bits per heavy atom. The van der Waals surface area contributed by atoms with E-state index in [0.717, 1.165) is 0 Å². The first-order valence-electron chi connectivity index (χ1n) is 6.15. The van der Waals surface area contributed by atoms with Gasteiger partial charge in [-0.3, -0.25) is 0 Å². The van der Waals surface area contributed by atoms with Gasteiger partial charge in [0.1, 0.15) is 12.2 Å². The second-order valence-corrected chi connectivity index (χ2v) is 5.79. The third kappa shape index (κ3) is 1.93. The van der Waals surface area contributed by atoms with Crippen molar-refractivity contribution >= 4 is 5.97 Å². The highest BCUT2D eigenvalue weighted by Crippen LogP contribution is 2.39. The molecule has 3 rings (SSSR count). The van der Waals surface area contributed by atoms with Gasteiger partial charge in [0.05, 0.1) is 6.61 Å². The maximum absolute atomic E-state index is 11.7. The number of rotatable bonds is 1. The molecule has 0 bridgehead atoms. The summed E-state index contributed by atoms with van der Waals surface area (Å²) in [5.74, 6) is -1.80. The summed E-state index contributed by atoms with van der Waals surface area (Å²) in [6.45, 7) is 7.61. The standard InChI is InChI=1S/C12H18O6/c1-11(2)14-5-6(16-11)7-8-9(10(13)15-7)18-12(3,4)17-8/h6-9H,5H2,1-4H3/t6-,7?,8+,9?/m1/s1. The molecule has 18 heavy (non-hydrogen) atoms. The predicted molar refractivity (Wildman–Crippen MR) is 58.6 cm³/mol. The van der Waals surface area contributed by atoms with Crippen molar-refractivity contribution in [3.05, 3.63) is 0 Å². The van der Waals surface area contributed by atoms with Crippen LogP contribution in [0.5, 0.6) is 0 Å². The van der Waals surface area contributed by atoms with Gasteiger partial charge in [-0.1, -0.05) is 0 Å². The van der Waals surface area contributed by atoms with E-state index in [1.807, 2.05) is 13.8 Å². The Bertz CT molecular complexity index is 377. The van der Waals surface area contributed by atoms with Crippen molar-refractivity contribution in [1.82, 2.24) is 0 Å². The van der Waals surface area contributed by atoms with Crippen molar-refractivity contribution in [3.8, 4) is 0 Å². The fraction of sp³-hybridized carbons (Fsp3) is 0.917. The minimum atomic E-state index is -0.762. The molecule has 0 radical (unpaired) electrons. The number of esters is 1. The van der Waals surface area contributed by atoms with Gasteiger partial charge in [0.25, 0.3) is 0 Å². The van der Waals surface area contributed by atoms with Crippen molar-refractivity contribution in [2.45, 2.75) is 63.7 Å². The molecule has 2 unspecified atom stereocenters. The zero-order chi connectivity index (χ0) is 13.1. The maximum Gasteiger partial charge on any atom is 0.338 e. The number of carbonyl (C=O) groups is 1. The van der Waals surface area contributed by atoms with E-state index in [2.05, 4.69) is 0 Å². The fourth-order valence-corrected chi connectivity index (χ4v) is 2.64. The van der Waals surface area contributed by atoms with Crippen LogP contribution in [-0.2, 0) is 28.5 Å². The van der Waals surface area contributed by atoms with Gasteiger partial charge < -0.3 is 23.7 Å². The number of cyclic esters (lactones) is 1. The molecule has 0 N–H and O–H groups in total. The largest absolute Gasteiger partial charge is 0.455 e. The van der Waals surface area contributed by atoms with E-state index >= 15 is 0 Å². The van der Waals surface area contributed by atoms with Crippen LogP contribution in [0.15, 0.2) is 0 Å². The van der Waals surface area contributed by atoms with E-state index in [0.29, 0.717) is 6.61 Å². The first kappa shape index (κ1) is 12.3. The molecule has 102 valence electrons. The van der Waals surface area contributed by atoms with E-state index in [9.17, 15) is 4.79 Å². The summed E-state index contributed by atoms with van der Waals surface area (Å²) in [6.07, 6.45) is -1.85. The molecule has 0 aromatic carbocycles. The molecule has 3 fully saturated rings. The molecule has 6 heteroatoms. The molecule has 3 aliphatic rings. The summed E-state index contributed by atoms with van der Waals surface area (Å²) in [7, 11) is 0. The summed E-state index contributed by atoms with van der Waals surface area (Å²) >= 11 is 0. The van der Waals surface area contributed by atoms with Crippen molar-refractivity contribution in [2.75, 3.05) is 6.61 Å². The fourth-order valence-electron chi connectivity index (χ4n) is 2.64. The molecule has 0 amide bonds. The smallest absolute Gasteiger partial charge is 0.338 e. The predicted octanol–water partition coefficient (Wildman–Crippen LogP) is 0.583. The molecule has 0 aromatic rings. The van der Waals surface area contributed by atoms with Crippen molar-refractivity contribution < 1.29 is 28.5 Å². The van der Waals surface area contributed by atoms with Gasteiger partial charge in [0.2, 0.25) is 0 Å². The quantitative estimate of drug-likeness (QED) is 0.641. The number of fused-ring (bicyclic) bond motifs is 1. The Labute approximate surface area is 105 Å². The molecule has 0 saturated carbocycles. The number of hydrogen-bond acceptors (Lipinski definition) is 6. The Balaban J connectivity index is 1.77. The highest BCUT2D eigenvalue weighted by Gasteiger charge is 2.59. The van der Waals surface area contributed by atoms with Crippen LogP contribution in [0, 0.1) is 0 Å². The van der Waals surface area contributed by atoms with Gasteiger partial charge in [0, 0.05) is 0 Å². The topological polar surface area (TPSA) is 63.2 Å². The van der Waals surface area contributed by atoms with E-state index in [-0.39, 0.29) is 12.1 Å². The lowest BCUT2D eigenvalue weighted by atomic mass is 10.1. The summed E-state index contributed by atoms with van der Waals surface area (Å²) in [5, 5.41) is 0. The SMILES string of the molecule is CC1(C)OC2C(=O)OC([C@H]3COC(C)(C)O3)[C@@H]2O1. The molecule has 0 spiro atoms. The van der Waals surface area contributed by atoms with Gasteiger partial charge in [-0.25, -0.2) is 4.79 Å². The van der Waals surface area contributed by atoms with Crippen molar-refractivity contribution in [1.29, 1.82) is 0 Å². The van der Waals surface area contributed by atoms with Crippen LogP contribution >= 0.6 is 0 Å². The van der Waals surface area contributed by atoms with Gasteiger partial charge >= 0.3 is 5.97 Å². The number of ether oxygens (including phenoxy) is 5. The molecular formula is C12H18O6. The van der Waals surface area contributed by atoms with Gasteiger partial charge in [-0.2, -0.15) is 0 Å². The first-order valence-corrected chi connectivity index (χ1v) is 6.15. The minimum Gasteiger partial charge on any atom is -0.455 e. The normalized spacial score (nSPS) is 45.0. The zero-order valence-electron chi connectivity index (χ0n) is 11.0. The second-order valence-electron chi connectivity index (χ2n) is 5.79. The third-order valence-corrected chi connectivity index (χ3v) is 3.33. The van der Waals surface area contributed by atoms with E-state index < -0.39 is 29.9 Å². The number of carbonyl (C=O) groups excluding carboxylic acids is 1. The zero-order valence-corrected chi connectivity index (χ0v) is 11.0. The van der Waals surface area contributed by atoms with Crippen LogP contribution < -0.4 is 0 Å². The lowest BCUT2D eigenvalue weighted by Gasteiger charge is -2.25. The lowest BCUT2D eigenvalue weighted by molar-refractivity contribution is -0.200. The van der Waals surface area contributed by atoms with Crippen LogP contribution in [0.3, 0.4) is 0 Å². The van der Waals surface area contributed by atoms with Crippen LogP contribution in [0.4, 0.5) is 0 Å². The molecular weight excluding hydrogens is 240 g/mol. The summed E-state index contributed by atoms with van der Waals surface area (Å²) in [6, 6.07) is 0. The molecule has 0 aromatic heterocycles. The second kappa shape index (κ2) is 3.66. The number of hydrogen-bond donors (Lipinski definition) is 0. The third-order valence-electron chi connectivity index (χ3n) is 3.33. The Morgan fingerprint density at radius 2 is 1.72 bits per heavy atom. The molecule has 3 aliphatic heterocycles. The van der Waals surface area contributed by atoms with Crippen LogP contribution in [0.2, 0.25) is 0 Å². The maximum atomic E-state index is 11.7. The van der Waals surface area contributed by atoms with E-state index in [4.69, 9.17) is 23.7 Å². The summed E-state index contributed by atoms with van der Waals surface area (Å²) in [5.41, 5.74) is 0. The molecule has 3 heterocycles. The minimum absolute atomic E-state index is 0.309. The van der Waals surface area contributed by atoms with Crippen LogP contribution in [-0.4, -0.2) is 48.6 Å². The van der Waals surface area contributed by atoms with Crippen LogP contribution in [0.25, 0.3) is 0 Å². The lowest BCUT2D eigenvalue weighted by Crippen LogP contribution is -2.40. The molecule has 6 nitrogen and oxygen atoms in total. The van der Waals surface area contributed by atoms with Gasteiger partial charge in [0.15, 0.2) is 23.8 Å². The average molecular weight is 258 g/mol. The van der Waals surface area contributed by atoms with Crippen molar-refractivity contribution in [3.63, 3.8) is 0 Å². The highest BCUT2D eigenvalue weighted by atomic mass is 16.8.